The number of urea groups is 1. The Hall–Kier alpha value is -2.84. The Labute approximate surface area is 148 Å². The van der Waals surface area contributed by atoms with E-state index in [1.807, 2.05) is 6.92 Å². The van der Waals surface area contributed by atoms with Crippen LogP contribution in [0.1, 0.15) is 18.4 Å². The van der Waals surface area contributed by atoms with Crippen LogP contribution in [0.15, 0.2) is 41.4 Å². The minimum atomic E-state index is -4.68. The Bertz CT molecular complexity index is 756. The lowest BCUT2D eigenvalue weighted by Crippen LogP contribution is -2.40. The zero-order valence-electron chi connectivity index (χ0n) is 14.5. The molecule has 9 heteroatoms. The highest BCUT2D eigenvalue weighted by molar-refractivity contribution is 5.74. The van der Waals surface area contributed by atoms with Gasteiger partial charge in [-0.2, -0.15) is 18.2 Å². The Morgan fingerprint density at radius 3 is 2.46 bits per heavy atom. The first-order chi connectivity index (χ1) is 12.3. The van der Waals surface area contributed by atoms with Crippen LogP contribution in [0.4, 0.5) is 18.0 Å². The first-order valence-electron chi connectivity index (χ1n) is 7.87. The largest absolute Gasteiger partial charge is 0.471 e. The number of nitrogens with zero attached hydrogens (tertiary/aromatic N) is 4. The van der Waals surface area contributed by atoms with Gasteiger partial charge >= 0.3 is 18.1 Å². The van der Waals surface area contributed by atoms with Gasteiger partial charge in [-0.1, -0.05) is 35.5 Å². The number of amides is 2. The van der Waals surface area contributed by atoms with Crippen molar-refractivity contribution in [1.82, 2.24) is 19.9 Å². The van der Waals surface area contributed by atoms with Gasteiger partial charge in [-0.05, 0) is 12.5 Å². The molecule has 2 rings (SSSR count). The van der Waals surface area contributed by atoms with Gasteiger partial charge in [0.1, 0.15) is 0 Å². The number of alkyl halides is 3. The van der Waals surface area contributed by atoms with E-state index in [1.54, 1.807) is 47.2 Å². The number of benzene rings is 1. The molecule has 2 amide bonds. The molecule has 0 saturated carbocycles. The predicted molar refractivity (Wildman–Crippen MR) is 89.0 cm³/mol. The number of carbonyl (C=O) groups is 1. The summed E-state index contributed by atoms with van der Waals surface area (Å²) in [7, 11) is 1.68. The van der Waals surface area contributed by atoms with E-state index < -0.39 is 12.1 Å². The molecular formula is C17H19F3N4O2. The normalized spacial score (nSPS) is 11.3. The van der Waals surface area contributed by atoms with Crippen LogP contribution in [0, 0.1) is 0 Å². The van der Waals surface area contributed by atoms with Crippen LogP contribution in [-0.4, -0.2) is 46.1 Å². The van der Waals surface area contributed by atoms with E-state index in [4.69, 9.17) is 0 Å². The molecule has 1 aromatic carbocycles. The number of hydrogen-bond donors (Lipinski definition) is 0. The van der Waals surface area contributed by atoms with Crippen molar-refractivity contribution in [2.75, 3.05) is 20.1 Å². The summed E-state index contributed by atoms with van der Waals surface area (Å²) in [6.07, 6.45) is -3.04. The Morgan fingerprint density at radius 1 is 1.31 bits per heavy atom. The molecule has 2 aromatic rings. The van der Waals surface area contributed by atoms with Gasteiger partial charge in [-0.3, -0.25) is 0 Å². The smallest absolute Gasteiger partial charge is 0.329 e. The summed E-state index contributed by atoms with van der Waals surface area (Å²) < 4.78 is 41.8. The fourth-order valence-corrected chi connectivity index (χ4v) is 2.26. The van der Waals surface area contributed by atoms with E-state index in [0.29, 0.717) is 25.2 Å². The third-order valence-electron chi connectivity index (χ3n) is 3.64. The number of aromatic nitrogens is 2. The Kier molecular flexibility index (Phi) is 6.01. The minimum Gasteiger partial charge on any atom is -0.329 e. The van der Waals surface area contributed by atoms with E-state index in [9.17, 15) is 18.0 Å². The van der Waals surface area contributed by atoms with Crippen LogP contribution >= 0.6 is 0 Å². The molecule has 1 aromatic heterocycles. The zero-order valence-corrected chi connectivity index (χ0v) is 14.5. The highest BCUT2D eigenvalue weighted by atomic mass is 19.4. The van der Waals surface area contributed by atoms with E-state index in [2.05, 4.69) is 21.2 Å². The van der Waals surface area contributed by atoms with Gasteiger partial charge in [0.25, 0.3) is 0 Å². The highest BCUT2D eigenvalue weighted by Crippen LogP contribution is 2.29. The summed E-state index contributed by atoms with van der Waals surface area (Å²) in [6, 6.07) is 6.47. The standard InChI is InChI=1S/C17H19F3N4O2/c1-4-10-23(3)16(25)24(5-2)11-12-6-8-13(9-7-12)14-21-15(26-22-14)17(18,19)20/h4,6-9H,1,5,10-11H2,2-3H3. The van der Waals surface area contributed by atoms with E-state index in [1.165, 1.54) is 0 Å². The Balaban J connectivity index is 2.10. The first-order valence-corrected chi connectivity index (χ1v) is 7.87. The van der Waals surface area contributed by atoms with Gasteiger partial charge in [-0.25, -0.2) is 4.79 Å². The summed E-state index contributed by atoms with van der Waals surface area (Å²) in [5.41, 5.74) is 1.22. The van der Waals surface area contributed by atoms with Crippen molar-refractivity contribution in [2.45, 2.75) is 19.6 Å². The van der Waals surface area contributed by atoms with Gasteiger partial charge in [-0.15, -0.1) is 6.58 Å². The monoisotopic (exact) mass is 368 g/mol. The van der Waals surface area contributed by atoms with Crippen molar-refractivity contribution in [2.24, 2.45) is 0 Å². The average Bonchev–Trinajstić information content (AvgIpc) is 3.10. The molecule has 0 aliphatic carbocycles. The molecule has 0 aliphatic rings. The minimum absolute atomic E-state index is 0.135. The second kappa shape index (κ2) is 8.03. The summed E-state index contributed by atoms with van der Waals surface area (Å²) in [4.78, 5) is 18.9. The van der Waals surface area contributed by atoms with Crippen LogP contribution in [0.2, 0.25) is 0 Å². The van der Waals surface area contributed by atoms with E-state index >= 15 is 0 Å². The zero-order chi connectivity index (χ0) is 19.3. The summed E-state index contributed by atoms with van der Waals surface area (Å²) in [5.74, 6) is -1.53. The lowest BCUT2D eigenvalue weighted by molar-refractivity contribution is -0.159. The molecule has 1 heterocycles. The molecule has 0 saturated heterocycles. The van der Waals surface area contributed by atoms with Crippen LogP contribution in [0.3, 0.4) is 0 Å². The maximum Gasteiger partial charge on any atom is 0.471 e. The third kappa shape index (κ3) is 4.62. The fraction of sp³-hybridized carbons (Fsp3) is 0.353. The SMILES string of the molecule is C=CCN(C)C(=O)N(CC)Cc1ccc(-c2noc(C(F)(F)F)n2)cc1. The lowest BCUT2D eigenvalue weighted by atomic mass is 10.1. The molecule has 0 bridgehead atoms. The summed E-state index contributed by atoms with van der Waals surface area (Å²) >= 11 is 0. The maximum absolute atomic E-state index is 12.5. The number of halogens is 3. The van der Waals surface area contributed by atoms with Crippen molar-refractivity contribution in [3.63, 3.8) is 0 Å². The van der Waals surface area contributed by atoms with Crippen LogP contribution in [-0.2, 0) is 12.7 Å². The lowest BCUT2D eigenvalue weighted by Gasteiger charge is -2.26. The fourth-order valence-electron chi connectivity index (χ4n) is 2.26. The first kappa shape index (κ1) is 19.5. The second-order valence-electron chi connectivity index (χ2n) is 5.58. The average molecular weight is 368 g/mol. The van der Waals surface area contributed by atoms with Crippen LogP contribution in [0.25, 0.3) is 11.4 Å². The highest BCUT2D eigenvalue weighted by Gasteiger charge is 2.38. The molecule has 140 valence electrons. The van der Waals surface area contributed by atoms with Crippen molar-refractivity contribution >= 4 is 6.03 Å². The quantitative estimate of drug-likeness (QED) is 0.728. The van der Waals surface area contributed by atoms with Gasteiger partial charge in [0, 0.05) is 32.2 Å². The van der Waals surface area contributed by atoms with Crippen molar-refractivity contribution in [3.05, 3.63) is 48.4 Å². The number of carbonyl (C=O) groups excluding carboxylic acids is 1. The topological polar surface area (TPSA) is 62.5 Å². The van der Waals surface area contributed by atoms with Crippen molar-refractivity contribution in [3.8, 4) is 11.4 Å². The predicted octanol–water partition coefficient (Wildman–Crippen LogP) is 3.82. The van der Waals surface area contributed by atoms with Crippen LogP contribution in [0.5, 0.6) is 0 Å². The van der Waals surface area contributed by atoms with Crippen LogP contribution < -0.4 is 0 Å². The summed E-state index contributed by atoms with van der Waals surface area (Å²) in [6.45, 7) is 6.80. The molecule has 0 spiro atoms. The molecule has 0 unspecified atom stereocenters. The number of likely N-dealkylation sites (N-methyl/N-ethyl adjacent to an activating group) is 1. The molecule has 0 N–H and O–H groups in total. The summed E-state index contributed by atoms with van der Waals surface area (Å²) in [5, 5.41) is 3.34. The molecular weight excluding hydrogens is 349 g/mol. The second-order valence-corrected chi connectivity index (χ2v) is 5.58. The molecule has 6 nitrogen and oxygen atoms in total. The van der Waals surface area contributed by atoms with E-state index in [-0.39, 0.29) is 11.9 Å². The van der Waals surface area contributed by atoms with Gasteiger partial charge < -0.3 is 14.3 Å². The van der Waals surface area contributed by atoms with Gasteiger partial charge in [0.2, 0.25) is 5.82 Å². The van der Waals surface area contributed by atoms with Gasteiger partial charge in [0.05, 0.1) is 0 Å². The molecule has 0 atom stereocenters. The molecule has 0 radical (unpaired) electrons. The van der Waals surface area contributed by atoms with Crippen molar-refractivity contribution in [1.29, 1.82) is 0 Å². The number of hydrogen-bond acceptors (Lipinski definition) is 4. The van der Waals surface area contributed by atoms with Crippen molar-refractivity contribution < 1.29 is 22.5 Å². The molecule has 0 fully saturated rings. The molecule has 26 heavy (non-hydrogen) atoms. The van der Waals surface area contributed by atoms with E-state index in [0.717, 1.165) is 5.56 Å². The Morgan fingerprint density at radius 2 is 1.96 bits per heavy atom. The number of rotatable bonds is 6. The van der Waals surface area contributed by atoms with Gasteiger partial charge in [0.15, 0.2) is 0 Å². The molecule has 0 aliphatic heterocycles. The third-order valence-corrected chi connectivity index (χ3v) is 3.64. The maximum atomic E-state index is 12.5.